The maximum atomic E-state index is 12.8. The molecule has 0 saturated carbocycles. The van der Waals surface area contributed by atoms with Crippen LogP contribution in [-0.2, 0) is 12.7 Å². The van der Waals surface area contributed by atoms with Crippen molar-refractivity contribution in [3.8, 4) is 5.75 Å². The molecule has 2 aromatic carbocycles. The van der Waals surface area contributed by atoms with Gasteiger partial charge in [-0.2, -0.15) is 13.2 Å². The maximum absolute atomic E-state index is 12.8. The van der Waals surface area contributed by atoms with Gasteiger partial charge in [-0.15, -0.1) is 0 Å². The van der Waals surface area contributed by atoms with Gasteiger partial charge in [0.25, 0.3) is 0 Å². The molecule has 0 radical (unpaired) electrons. The summed E-state index contributed by atoms with van der Waals surface area (Å²) in [7, 11) is 0. The van der Waals surface area contributed by atoms with Crippen molar-refractivity contribution < 1.29 is 17.9 Å². The second kappa shape index (κ2) is 7.62. The Bertz CT molecular complexity index is 759. The van der Waals surface area contributed by atoms with Gasteiger partial charge in [-0.3, -0.25) is 4.90 Å². The third-order valence-corrected chi connectivity index (χ3v) is 4.64. The summed E-state index contributed by atoms with van der Waals surface area (Å²) in [5.41, 5.74) is 1.59. The lowest BCUT2D eigenvalue weighted by molar-refractivity contribution is -0.137. The van der Waals surface area contributed by atoms with Gasteiger partial charge in [0.1, 0.15) is 12.4 Å². The van der Waals surface area contributed by atoms with E-state index in [9.17, 15) is 13.2 Å². The highest BCUT2D eigenvalue weighted by Crippen LogP contribution is 2.35. The second-order valence-electron chi connectivity index (χ2n) is 5.95. The molecule has 0 spiro atoms. The molecular weight excluding hydrogens is 395 g/mol. The first-order chi connectivity index (χ1) is 11.9. The minimum atomic E-state index is -4.38. The number of hydrogen-bond acceptors (Lipinski definition) is 2. The van der Waals surface area contributed by atoms with Crippen LogP contribution < -0.4 is 4.74 Å². The molecule has 0 N–H and O–H groups in total. The Hall–Kier alpha value is -1.79. The normalized spacial score (nSPS) is 15.3. The van der Waals surface area contributed by atoms with Crippen LogP contribution >= 0.6 is 15.9 Å². The van der Waals surface area contributed by atoms with Gasteiger partial charge >= 0.3 is 6.18 Å². The van der Waals surface area contributed by atoms with Gasteiger partial charge in [-0.1, -0.05) is 36.4 Å². The molecule has 6 heteroatoms. The molecule has 0 aliphatic carbocycles. The Morgan fingerprint density at radius 1 is 1.08 bits per heavy atom. The molecular formula is C19H17BrF3NO. The highest BCUT2D eigenvalue weighted by Gasteiger charge is 2.31. The molecule has 2 aromatic rings. The van der Waals surface area contributed by atoms with Crippen LogP contribution in [-0.4, -0.2) is 24.6 Å². The molecule has 1 aliphatic heterocycles. The van der Waals surface area contributed by atoms with Gasteiger partial charge in [0.2, 0.25) is 0 Å². The summed E-state index contributed by atoms with van der Waals surface area (Å²) in [6.45, 7) is 2.70. The van der Waals surface area contributed by atoms with Crippen molar-refractivity contribution in [3.63, 3.8) is 0 Å². The standard InChI is InChI=1S/C19H17BrF3NO/c20-17-7-6-16(19(21,22)23)10-18(17)25-13-15-8-9-24(12-15)11-14-4-2-1-3-5-14/h1-8,10H,9,11-13H2. The zero-order valence-corrected chi connectivity index (χ0v) is 15.0. The summed E-state index contributed by atoms with van der Waals surface area (Å²) in [6, 6.07) is 13.6. The van der Waals surface area contributed by atoms with Crippen molar-refractivity contribution in [1.29, 1.82) is 0 Å². The third-order valence-electron chi connectivity index (χ3n) is 3.99. The smallest absolute Gasteiger partial charge is 0.416 e. The highest BCUT2D eigenvalue weighted by molar-refractivity contribution is 9.10. The van der Waals surface area contributed by atoms with E-state index in [4.69, 9.17) is 4.74 Å². The molecule has 132 valence electrons. The predicted molar refractivity (Wildman–Crippen MR) is 94.4 cm³/mol. The average Bonchev–Trinajstić information content (AvgIpc) is 3.01. The summed E-state index contributed by atoms with van der Waals surface area (Å²) >= 11 is 3.24. The lowest BCUT2D eigenvalue weighted by atomic mass is 10.2. The zero-order valence-electron chi connectivity index (χ0n) is 13.4. The molecule has 1 heterocycles. The molecule has 25 heavy (non-hydrogen) atoms. The number of alkyl halides is 3. The quantitative estimate of drug-likeness (QED) is 0.619. The molecule has 0 aromatic heterocycles. The lowest BCUT2D eigenvalue weighted by Crippen LogP contribution is -2.21. The molecule has 0 bridgehead atoms. The Kier molecular flexibility index (Phi) is 5.49. The van der Waals surface area contributed by atoms with Gasteiger partial charge in [0, 0.05) is 19.6 Å². The van der Waals surface area contributed by atoms with Gasteiger partial charge in [0.15, 0.2) is 0 Å². The number of benzene rings is 2. The summed E-state index contributed by atoms with van der Waals surface area (Å²) < 4.78 is 44.6. The Morgan fingerprint density at radius 3 is 2.56 bits per heavy atom. The van der Waals surface area contributed by atoms with Crippen LogP contribution in [0.1, 0.15) is 11.1 Å². The Morgan fingerprint density at radius 2 is 1.84 bits per heavy atom. The van der Waals surface area contributed by atoms with E-state index >= 15 is 0 Å². The summed E-state index contributed by atoms with van der Waals surface area (Å²) in [5.74, 6) is 0.206. The van der Waals surface area contributed by atoms with Crippen molar-refractivity contribution in [1.82, 2.24) is 4.90 Å². The minimum Gasteiger partial charge on any atom is -0.488 e. The monoisotopic (exact) mass is 411 g/mol. The van der Waals surface area contributed by atoms with Crippen molar-refractivity contribution in [2.24, 2.45) is 0 Å². The van der Waals surface area contributed by atoms with Crippen molar-refractivity contribution in [2.45, 2.75) is 12.7 Å². The number of hydrogen-bond donors (Lipinski definition) is 0. The van der Waals surface area contributed by atoms with Crippen LogP contribution in [0, 0.1) is 0 Å². The van der Waals surface area contributed by atoms with Crippen LogP contribution in [0.4, 0.5) is 13.2 Å². The maximum Gasteiger partial charge on any atom is 0.416 e. The van der Waals surface area contributed by atoms with Crippen LogP contribution in [0.15, 0.2) is 64.7 Å². The first-order valence-corrected chi connectivity index (χ1v) is 8.65. The molecule has 0 amide bonds. The van der Waals surface area contributed by atoms with E-state index in [2.05, 4.69) is 39.0 Å². The van der Waals surface area contributed by atoms with Crippen molar-refractivity contribution >= 4 is 15.9 Å². The van der Waals surface area contributed by atoms with Gasteiger partial charge in [-0.05, 0) is 45.3 Å². The fraction of sp³-hybridized carbons (Fsp3) is 0.263. The topological polar surface area (TPSA) is 12.5 Å². The van der Waals surface area contributed by atoms with Gasteiger partial charge in [0.05, 0.1) is 10.0 Å². The second-order valence-corrected chi connectivity index (χ2v) is 6.80. The molecule has 2 nitrogen and oxygen atoms in total. The minimum absolute atomic E-state index is 0.206. The largest absolute Gasteiger partial charge is 0.488 e. The van der Waals surface area contributed by atoms with E-state index in [1.54, 1.807) is 0 Å². The van der Waals surface area contributed by atoms with E-state index in [0.717, 1.165) is 37.3 Å². The van der Waals surface area contributed by atoms with Gasteiger partial charge < -0.3 is 4.74 Å². The SMILES string of the molecule is FC(F)(F)c1ccc(Br)c(OCC2=CCN(Cc3ccccc3)C2)c1. The van der Waals surface area contributed by atoms with Gasteiger partial charge in [-0.25, -0.2) is 0 Å². The molecule has 0 fully saturated rings. The fourth-order valence-electron chi connectivity index (χ4n) is 2.70. The van der Waals surface area contributed by atoms with E-state index in [0.29, 0.717) is 4.47 Å². The van der Waals surface area contributed by atoms with Crippen molar-refractivity contribution in [2.75, 3.05) is 19.7 Å². The van der Waals surface area contributed by atoms with E-state index in [1.165, 1.54) is 11.6 Å². The lowest BCUT2D eigenvalue weighted by Gasteiger charge is -2.16. The predicted octanol–water partition coefficient (Wildman–Crippen LogP) is 5.29. The Labute approximate surface area is 153 Å². The third kappa shape index (κ3) is 4.86. The first kappa shape index (κ1) is 18.0. The van der Waals surface area contributed by atoms with Crippen LogP contribution in [0.25, 0.3) is 0 Å². The fourth-order valence-corrected chi connectivity index (χ4v) is 3.06. The van der Waals surface area contributed by atoms with Crippen LogP contribution in [0.5, 0.6) is 5.75 Å². The van der Waals surface area contributed by atoms with Crippen LogP contribution in [0.3, 0.4) is 0 Å². The van der Waals surface area contributed by atoms with E-state index < -0.39 is 11.7 Å². The average molecular weight is 412 g/mol. The number of halogens is 4. The summed E-state index contributed by atoms with van der Waals surface area (Å²) in [5, 5.41) is 0. The Balaban J connectivity index is 1.56. The number of rotatable bonds is 5. The van der Waals surface area contributed by atoms with E-state index in [1.807, 2.05) is 18.2 Å². The number of ether oxygens (including phenoxy) is 1. The molecule has 0 unspecified atom stereocenters. The first-order valence-electron chi connectivity index (χ1n) is 7.85. The summed E-state index contributed by atoms with van der Waals surface area (Å²) in [4.78, 5) is 2.26. The highest BCUT2D eigenvalue weighted by atomic mass is 79.9. The van der Waals surface area contributed by atoms with Crippen molar-refractivity contribution in [3.05, 3.63) is 75.8 Å². The molecule has 0 saturated heterocycles. The number of nitrogens with zero attached hydrogens (tertiary/aromatic N) is 1. The molecule has 3 rings (SSSR count). The molecule has 0 atom stereocenters. The molecule has 1 aliphatic rings. The van der Waals surface area contributed by atoms with E-state index in [-0.39, 0.29) is 12.4 Å². The summed E-state index contributed by atoms with van der Waals surface area (Å²) in [6.07, 6.45) is -2.30. The van der Waals surface area contributed by atoms with Crippen LogP contribution in [0.2, 0.25) is 0 Å². The zero-order chi connectivity index (χ0) is 17.9.